The maximum atomic E-state index is 2.84. The largest absolute Gasteiger partial charge is 0.310 e. The van der Waals surface area contributed by atoms with Gasteiger partial charge in [-0.05, 0) is 138 Å². The van der Waals surface area contributed by atoms with Gasteiger partial charge in [-0.15, -0.1) is 0 Å². The zero-order valence-electron chi connectivity index (χ0n) is 45.3. The van der Waals surface area contributed by atoms with E-state index in [1.165, 1.54) is 116 Å². The molecule has 7 aromatic carbocycles. The van der Waals surface area contributed by atoms with Gasteiger partial charge in [0.25, 0.3) is 6.71 Å². The van der Waals surface area contributed by atoms with Gasteiger partial charge in [0, 0.05) is 44.0 Å². The first kappa shape index (κ1) is 44.4. The highest BCUT2D eigenvalue weighted by atomic mass is 28.3. The van der Waals surface area contributed by atoms with Crippen LogP contribution in [0.15, 0.2) is 103 Å². The van der Waals surface area contributed by atoms with E-state index in [-0.39, 0.29) is 39.2 Å². The average Bonchev–Trinajstić information content (AvgIpc) is 3.88. The van der Waals surface area contributed by atoms with Gasteiger partial charge < -0.3 is 9.13 Å². The molecule has 2 nitrogen and oxygen atoms in total. The first-order chi connectivity index (χ1) is 32.5. The van der Waals surface area contributed by atoms with Crippen LogP contribution in [0.5, 0.6) is 0 Å². The predicted molar refractivity (Wildman–Crippen MR) is 308 cm³/mol. The summed E-state index contributed by atoms with van der Waals surface area (Å²) in [6, 6.07) is 43.7. The SMILES string of the molecule is CC(C)(C)c1ccc2c(c1)[Si]1(c3cc(C(C)(C)C)ccc3-2)c2ccc3c4c2-n2c5c(cc(C(C)(C)C)cc5c5cc(C(C)(C)C)cc1c52)B4c1ccc(C(C)(C)C)c2c4ccc(C(C)(C)C)cc4n-3c12. The minimum atomic E-state index is -3.11. The lowest BCUT2D eigenvalue weighted by atomic mass is 9.34. The molecule has 0 amide bonds. The van der Waals surface area contributed by atoms with Crippen LogP contribution in [0.2, 0.25) is 0 Å². The number of rotatable bonds is 0. The second kappa shape index (κ2) is 13.1. The summed E-state index contributed by atoms with van der Waals surface area (Å²) in [5.41, 5.74) is 23.9. The summed E-state index contributed by atoms with van der Waals surface area (Å²) >= 11 is 0. The van der Waals surface area contributed by atoms with Crippen molar-refractivity contribution in [2.24, 2.45) is 0 Å². The predicted octanol–water partition coefficient (Wildman–Crippen LogP) is 12.5. The van der Waals surface area contributed by atoms with Crippen LogP contribution in [0.3, 0.4) is 0 Å². The first-order valence-corrected chi connectivity index (χ1v) is 28.3. The molecule has 9 aromatic rings. The van der Waals surface area contributed by atoms with Crippen LogP contribution < -0.4 is 37.1 Å². The highest BCUT2D eigenvalue weighted by molar-refractivity contribution is 7.24. The summed E-state index contributed by atoms with van der Waals surface area (Å²) in [4.78, 5) is 0. The van der Waals surface area contributed by atoms with Gasteiger partial charge in [0.1, 0.15) is 0 Å². The summed E-state index contributed by atoms with van der Waals surface area (Å²) in [6.45, 7) is 43.3. The van der Waals surface area contributed by atoms with Gasteiger partial charge in [0.15, 0.2) is 8.07 Å². The highest BCUT2D eigenvalue weighted by Gasteiger charge is 2.57. The van der Waals surface area contributed by atoms with E-state index in [0.717, 1.165) is 0 Å². The zero-order chi connectivity index (χ0) is 49.7. The number of benzene rings is 7. The molecule has 0 saturated heterocycles. The highest BCUT2D eigenvalue weighted by Crippen LogP contribution is 2.47. The standard InChI is InChI=1S/C66H71BN2Si/c1-61(2,3)36-21-24-43-50(32-36)68-49-27-28-51-60-56(49)67(47-26-25-46(66(16,17)18)55(43)59(47)68)48-31-39(64(10,11)12)29-44-45-30-40(65(13,14)15)35-54(58(45)69(60)57(44)48)70(51)52-33-37(62(4,5)6)19-22-41(52)42-23-20-38(34-53(42)70)63(7,8)9/h19-35H,1-18H3. The molecule has 6 heterocycles. The fourth-order valence-electron chi connectivity index (χ4n) is 13.7. The minimum Gasteiger partial charge on any atom is -0.310 e. The molecule has 4 aliphatic rings. The zero-order valence-corrected chi connectivity index (χ0v) is 46.3. The molecule has 13 rings (SSSR count). The van der Waals surface area contributed by atoms with Crippen LogP contribution in [-0.2, 0) is 32.5 Å². The Labute approximate surface area is 418 Å². The molecule has 70 heavy (non-hydrogen) atoms. The summed E-state index contributed by atoms with van der Waals surface area (Å²) in [5.74, 6) is 0. The van der Waals surface area contributed by atoms with Gasteiger partial charge >= 0.3 is 0 Å². The Morgan fingerprint density at radius 3 is 1.44 bits per heavy atom. The molecular formula is C66H71BN2Si. The Kier molecular flexibility index (Phi) is 8.29. The molecule has 0 N–H and O–H groups in total. The normalized spacial score (nSPS) is 15.7. The van der Waals surface area contributed by atoms with E-state index in [1.54, 1.807) is 20.7 Å². The van der Waals surface area contributed by atoms with Crippen molar-refractivity contribution in [1.29, 1.82) is 0 Å². The van der Waals surface area contributed by atoms with Gasteiger partial charge in [-0.1, -0.05) is 203 Å². The van der Waals surface area contributed by atoms with Crippen molar-refractivity contribution in [3.8, 4) is 22.5 Å². The third-order valence-electron chi connectivity index (χ3n) is 17.6. The van der Waals surface area contributed by atoms with Crippen LogP contribution in [-0.4, -0.2) is 23.9 Å². The molecule has 352 valence electrons. The lowest BCUT2D eigenvalue weighted by Gasteiger charge is -2.43. The number of nitrogens with zero attached hydrogens (tertiary/aromatic N) is 2. The van der Waals surface area contributed by atoms with Crippen LogP contribution in [0.4, 0.5) is 0 Å². The topological polar surface area (TPSA) is 9.86 Å². The van der Waals surface area contributed by atoms with E-state index in [2.05, 4.69) is 237 Å². The Morgan fingerprint density at radius 2 is 0.886 bits per heavy atom. The molecular weight excluding hydrogens is 860 g/mol. The summed E-state index contributed by atoms with van der Waals surface area (Å²) in [5, 5.41) is 11.8. The van der Waals surface area contributed by atoms with E-state index < -0.39 is 8.07 Å². The Morgan fingerprint density at radius 1 is 0.371 bits per heavy atom. The molecule has 4 heteroatoms. The van der Waals surface area contributed by atoms with Gasteiger partial charge in [0.05, 0.1) is 11.0 Å². The molecule has 4 aliphatic heterocycles. The maximum absolute atomic E-state index is 3.11. The van der Waals surface area contributed by atoms with E-state index in [1.807, 2.05) is 0 Å². The van der Waals surface area contributed by atoms with Crippen molar-refractivity contribution in [1.82, 2.24) is 9.13 Å². The molecule has 0 aliphatic carbocycles. The fraction of sp³-hybridized carbons (Fsp3) is 0.364. The van der Waals surface area contributed by atoms with E-state index >= 15 is 0 Å². The number of fused-ring (bicyclic) bond motifs is 14. The average molecular weight is 931 g/mol. The number of aromatic nitrogens is 2. The number of hydrogen-bond acceptors (Lipinski definition) is 0. The summed E-state index contributed by atoms with van der Waals surface area (Å²) in [6.07, 6.45) is 0. The lowest BCUT2D eigenvalue weighted by Crippen LogP contribution is -2.77. The van der Waals surface area contributed by atoms with Gasteiger partial charge in [-0.3, -0.25) is 0 Å². The molecule has 2 aromatic heterocycles. The molecule has 0 bridgehead atoms. The quantitative estimate of drug-likeness (QED) is 0.134. The third-order valence-corrected chi connectivity index (χ3v) is 22.4. The van der Waals surface area contributed by atoms with Crippen molar-refractivity contribution in [3.05, 3.63) is 137 Å². The molecule has 0 saturated carbocycles. The van der Waals surface area contributed by atoms with Crippen LogP contribution in [0.25, 0.3) is 66.1 Å². The molecule has 0 unspecified atom stereocenters. The van der Waals surface area contributed by atoms with Crippen molar-refractivity contribution in [2.45, 2.75) is 157 Å². The second-order valence-electron chi connectivity index (χ2n) is 28.3. The molecule has 1 spiro atoms. The van der Waals surface area contributed by atoms with E-state index in [9.17, 15) is 0 Å². The van der Waals surface area contributed by atoms with Crippen LogP contribution >= 0.6 is 0 Å². The lowest BCUT2D eigenvalue weighted by molar-refractivity contribution is 0.590. The summed E-state index contributed by atoms with van der Waals surface area (Å²) < 4.78 is 5.58. The molecule has 0 atom stereocenters. The van der Waals surface area contributed by atoms with Crippen molar-refractivity contribution in [3.63, 3.8) is 0 Å². The monoisotopic (exact) mass is 931 g/mol. The second-order valence-corrected chi connectivity index (χ2v) is 32.0. The Bertz CT molecular complexity index is 3820. The van der Waals surface area contributed by atoms with Crippen LogP contribution in [0, 0.1) is 0 Å². The van der Waals surface area contributed by atoms with Gasteiger partial charge in [-0.25, -0.2) is 0 Å². The summed E-state index contributed by atoms with van der Waals surface area (Å²) in [7, 11) is -3.11. The third kappa shape index (κ3) is 5.47. The van der Waals surface area contributed by atoms with Gasteiger partial charge in [0.2, 0.25) is 0 Å². The minimum absolute atomic E-state index is 0.00124. The number of hydrogen-bond donors (Lipinski definition) is 0. The van der Waals surface area contributed by atoms with E-state index in [4.69, 9.17) is 0 Å². The van der Waals surface area contributed by atoms with Gasteiger partial charge in [-0.2, -0.15) is 0 Å². The first-order valence-electron chi connectivity index (χ1n) is 26.3. The Balaban J connectivity index is 1.32. The molecule has 0 radical (unpaired) electrons. The molecule has 0 fully saturated rings. The van der Waals surface area contributed by atoms with E-state index in [0.29, 0.717) is 0 Å². The van der Waals surface area contributed by atoms with Crippen molar-refractivity contribution >= 4 is 95.5 Å². The van der Waals surface area contributed by atoms with Crippen LogP contribution in [0.1, 0.15) is 158 Å². The maximum Gasteiger partial charge on any atom is 0.252 e. The van der Waals surface area contributed by atoms with Crippen molar-refractivity contribution in [2.75, 3.05) is 0 Å². The van der Waals surface area contributed by atoms with Crippen molar-refractivity contribution < 1.29 is 0 Å². The Hall–Kier alpha value is -5.58. The fourth-order valence-corrected chi connectivity index (χ4v) is 19.4. The smallest absolute Gasteiger partial charge is 0.252 e.